The molecule has 1 saturated heterocycles. The van der Waals surface area contributed by atoms with Crippen LogP contribution in [0.5, 0.6) is 0 Å². The lowest BCUT2D eigenvalue weighted by Crippen LogP contribution is -2.55. The van der Waals surface area contributed by atoms with Crippen molar-refractivity contribution in [1.29, 1.82) is 0 Å². The van der Waals surface area contributed by atoms with Crippen molar-refractivity contribution in [3.63, 3.8) is 0 Å². The average molecular weight is 374 g/mol. The number of hydrogen-bond donors (Lipinski definition) is 2. The van der Waals surface area contributed by atoms with Gasteiger partial charge in [0, 0.05) is 18.3 Å². The van der Waals surface area contributed by atoms with E-state index in [2.05, 4.69) is 10.6 Å². The van der Waals surface area contributed by atoms with E-state index in [1.807, 2.05) is 6.92 Å². The molecular weight excluding hydrogens is 354 g/mol. The Morgan fingerprint density at radius 3 is 2.43 bits per heavy atom. The first-order valence-electron chi connectivity index (χ1n) is 7.14. The zero-order valence-electron chi connectivity index (χ0n) is 12.6. The van der Waals surface area contributed by atoms with E-state index in [9.17, 15) is 18.0 Å². The Balaban J connectivity index is 0.00000132. The van der Waals surface area contributed by atoms with Crippen molar-refractivity contribution in [3.05, 3.63) is 23.5 Å². The fraction of sp³-hybridized carbons (Fsp3) is 0.643. The molecule has 1 aromatic heterocycles. The average Bonchev–Trinajstić information content (AvgIpc) is 2.89. The van der Waals surface area contributed by atoms with Gasteiger partial charge in [0.1, 0.15) is 0 Å². The van der Waals surface area contributed by atoms with Gasteiger partial charge in [0.05, 0.1) is 11.2 Å². The number of Topliss-reactive ketones (excluding diaryl/α,β-unsaturated/α-hetero) is 1. The first kappa shape index (κ1) is 20.3. The summed E-state index contributed by atoms with van der Waals surface area (Å²) in [5.74, 6) is -1.76. The maximum Gasteiger partial charge on any atom is 0.456 e. The van der Waals surface area contributed by atoms with E-state index in [-0.39, 0.29) is 42.1 Å². The Labute approximate surface area is 145 Å². The molecule has 3 heterocycles. The monoisotopic (exact) mass is 373 g/mol. The predicted molar refractivity (Wildman–Crippen MR) is 85.8 cm³/mol. The summed E-state index contributed by atoms with van der Waals surface area (Å²) in [4.78, 5) is 11.6. The number of aromatic nitrogens is 1. The third kappa shape index (κ3) is 3.38. The summed E-state index contributed by atoms with van der Waals surface area (Å²) < 4.78 is 39.8. The quantitative estimate of drug-likeness (QED) is 0.744. The normalized spacial score (nSPS) is 22.7. The molecule has 2 aliphatic heterocycles. The van der Waals surface area contributed by atoms with Crippen LogP contribution >= 0.6 is 24.8 Å². The molecule has 0 saturated carbocycles. The molecule has 0 amide bonds. The van der Waals surface area contributed by atoms with Crippen molar-refractivity contribution < 1.29 is 18.0 Å². The summed E-state index contributed by atoms with van der Waals surface area (Å²) >= 11 is 0. The fourth-order valence-electron chi connectivity index (χ4n) is 3.45. The molecular formula is C14H20Cl2F3N3O. The van der Waals surface area contributed by atoms with Gasteiger partial charge in [0.25, 0.3) is 5.78 Å². The topological polar surface area (TPSA) is 46.1 Å². The Hall–Kier alpha value is -0.760. The largest absolute Gasteiger partial charge is 0.456 e. The number of carbonyl (C=O) groups excluding carboxylic acids is 1. The molecule has 23 heavy (non-hydrogen) atoms. The summed E-state index contributed by atoms with van der Waals surface area (Å²) in [5, 5.41) is 6.73. The molecule has 1 atom stereocenters. The molecule has 1 spiro atoms. The molecule has 0 aromatic carbocycles. The maximum absolute atomic E-state index is 12.8. The first-order chi connectivity index (χ1) is 9.85. The number of piperidine rings is 1. The highest BCUT2D eigenvalue weighted by Crippen LogP contribution is 2.38. The molecule has 132 valence electrons. The van der Waals surface area contributed by atoms with Crippen LogP contribution in [0.2, 0.25) is 0 Å². The smallest absolute Gasteiger partial charge is 0.336 e. The summed E-state index contributed by atoms with van der Waals surface area (Å²) in [6, 6.07) is 2.82. The van der Waals surface area contributed by atoms with Crippen LogP contribution in [0.15, 0.2) is 12.1 Å². The van der Waals surface area contributed by atoms with E-state index in [1.165, 1.54) is 6.07 Å². The highest BCUT2D eigenvalue weighted by atomic mass is 35.5. The highest BCUT2D eigenvalue weighted by molar-refractivity contribution is 5.99. The van der Waals surface area contributed by atoms with Gasteiger partial charge < -0.3 is 15.2 Å². The Morgan fingerprint density at radius 1 is 1.26 bits per heavy atom. The molecule has 2 aliphatic rings. The van der Waals surface area contributed by atoms with E-state index < -0.39 is 12.0 Å². The van der Waals surface area contributed by atoms with Crippen molar-refractivity contribution in [2.24, 2.45) is 0 Å². The maximum atomic E-state index is 12.8. The van der Waals surface area contributed by atoms with Crippen LogP contribution < -0.4 is 10.6 Å². The molecule has 1 unspecified atom stereocenters. The summed E-state index contributed by atoms with van der Waals surface area (Å²) in [7, 11) is 0. The first-order valence-corrected chi connectivity index (χ1v) is 7.14. The van der Waals surface area contributed by atoms with Gasteiger partial charge in [0.15, 0.2) is 0 Å². The van der Waals surface area contributed by atoms with Gasteiger partial charge in [-0.3, -0.25) is 4.79 Å². The SMILES string of the molecule is CC1CNC2(CCNCC2)c2ccc(C(=O)C(F)(F)F)n21.Cl.Cl. The van der Waals surface area contributed by atoms with Crippen LogP contribution in [0.3, 0.4) is 0 Å². The molecule has 3 rings (SSSR count). The zero-order chi connectivity index (χ0) is 15.3. The van der Waals surface area contributed by atoms with Crippen LogP contribution in [0, 0.1) is 0 Å². The van der Waals surface area contributed by atoms with Crippen LogP contribution in [-0.4, -0.2) is 36.2 Å². The summed E-state index contributed by atoms with van der Waals surface area (Å²) in [6.45, 7) is 4.03. The second-order valence-electron chi connectivity index (χ2n) is 5.86. The lowest BCUT2D eigenvalue weighted by molar-refractivity contribution is -0.0892. The number of fused-ring (bicyclic) bond motifs is 2. The van der Waals surface area contributed by atoms with E-state index in [0.29, 0.717) is 6.54 Å². The number of nitrogens with zero attached hydrogens (tertiary/aromatic N) is 1. The molecule has 1 aromatic rings. The van der Waals surface area contributed by atoms with E-state index in [0.717, 1.165) is 31.6 Å². The minimum atomic E-state index is -4.83. The standard InChI is InChI=1S/C14H18F3N3O.2ClH/c1-9-8-19-13(4-6-18-7-5-13)11-3-2-10(20(9)11)12(21)14(15,16)17;;/h2-3,9,18-19H,4-8H2,1H3;2*1H. The Kier molecular flexibility index (Phi) is 6.18. The van der Waals surface area contributed by atoms with Crippen LogP contribution in [0.1, 0.15) is 42.0 Å². The second-order valence-corrected chi connectivity index (χ2v) is 5.86. The van der Waals surface area contributed by atoms with Crippen molar-refractivity contribution in [3.8, 4) is 0 Å². The summed E-state index contributed by atoms with van der Waals surface area (Å²) in [5.41, 5.74) is 0.238. The number of halogens is 5. The number of ketones is 1. The van der Waals surface area contributed by atoms with E-state index in [1.54, 1.807) is 10.6 Å². The van der Waals surface area contributed by atoms with Crippen LogP contribution in [0.4, 0.5) is 13.2 Å². The van der Waals surface area contributed by atoms with E-state index in [4.69, 9.17) is 0 Å². The molecule has 4 nitrogen and oxygen atoms in total. The number of carbonyl (C=O) groups is 1. The van der Waals surface area contributed by atoms with Gasteiger partial charge in [-0.05, 0) is 45.0 Å². The predicted octanol–water partition coefficient (Wildman–Crippen LogP) is 2.82. The number of rotatable bonds is 1. The van der Waals surface area contributed by atoms with Crippen molar-refractivity contribution in [2.45, 2.75) is 37.5 Å². The lowest BCUT2D eigenvalue weighted by Gasteiger charge is -2.45. The van der Waals surface area contributed by atoms with Crippen molar-refractivity contribution >= 4 is 30.6 Å². The zero-order valence-corrected chi connectivity index (χ0v) is 14.2. The molecule has 0 radical (unpaired) electrons. The van der Waals surface area contributed by atoms with Gasteiger partial charge in [-0.25, -0.2) is 0 Å². The molecule has 0 bridgehead atoms. The summed E-state index contributed by atoms with van der Waals surface area (Å²) in [6.07, 6.45) is -3.21. The van der Waals surface area contributed by atoms with E-state index >= 15 is 0 Å². The molecule has 9 heteroatoms. The number of alkyl halides is 3. The van der Waals surface area contributed by atoms with Gasteiger partial charge >= 0.3 is 6.18 Å². The van der Waals surface area contributed by atoms with Crippen molar-refractivity contribution in [2.75, 3.05) is 19.6 Å². The van der Waals surface area contributed by atoms with Crippen LogP contribution in [-0.2, 0) is 5.54 Å². The fourth-order valence-corrected chi connectivity index (χ4v) is 3.45. The molecule has 1 fully saturated rings. The van der Waals surface area contributed by atoms with Gasteiger partial charge in [0.2, 0.25) is 0 Å². The lowest BCUT2D eigenvalue weighted by atomic mass is 9.83. The van der Waals surface area contributed by atoms with Gasteiger partial charge in [-0.15, -0.1) is 24.8 Å². The second kappa shape index (κ2) is 7.01. The number of nitrogens with one attached hydrogen (secondary N) is 2. The van der Waals surface area contributed by atoms with Gasteiger partial charge in [-0.1, -0.05) is 0 Å². The van der Waals surface area contributed by atoms with Gasteiger partial charge in [-0.2, -0.15) is 13.2 Å². The van der Waals surface area contributed by atoms with Crippen molar-refractivity contribution in [1.82, 2.24) is 15.2 Å². The highest BCUT2D eigenvalue weighted by Gasteiger charge is 2.45. The molecule has 2 N–H and O–H groups in total. The minimum Gasteiger partial charge on any atom is -0.336 e. The third-order valence-corrected chi connectivity index (χ3v) is 4.53. The van der Waals surface area contributed by atoms with Crippen LogP contribution in [0.25, 0.3) is 0 Å². The Morgan fingerprint density at radius 2 is 1.87 bits per heavy atom. The number of hydrogen-bond acceptors (Lipinski definition) is 3. The minimum absolute atomic E-state index is 0. The third-order valence-electron chi connectivity index (χ3n) is 4.53. The molecule has 0 aliphatic carbocycles. The Bertz CT molecular complexity index is 568.